The number of aryl methyl sites for hydroxylation is 1. The topological polar surface area (TPSA) is 75.1 Å². The number of hydrogen-bond donors (Lipinski definition) is 2. The summed E-state index contributed by atoms with van der Waals surface area (Å²) in [6, 6.07) is 14.5. The van der Waals surface area contributed by atoms with E-state index in [0.29, 0.717) is 45.7 Å². The molecule has 2 aromatic carbocycles. The zero-order chi connectivity index (χ0) is 21.7. The van der Waals surface area contributed by atoms with Gasteiger partial charge in [0.25, 0.3) is 5.91 Å². The first-order valence-corrected chi connectivity index (χ1v) is 10.1. The summed E-state index contributed by atoms with van der Waals surface area (Å²) in [5.74, 6) is 0.631. The minimum absolute atomic E-state index is 0. The van der Waals surface area contributed by atoms with E-state index in [4.69, 9.17) is 33.3 Å². The SMILES string of the molecule is C.COc1cc(Cl)cc(C(=O)Nc2ccc(Cl)cn2)c1CCc1ccc(C(C)=N)cc1. The number of nitrogens with zero attached hydrogens (tertiary/aromatic N) is 1. The second-order valence-corrected chi connectivity index (χ2v) is 7.64. The molecule has 3 aromatic rings. The monoisotopic (exact) mass is 457 g/mol. The Bertz CT molecular complexity index is 1070. The predicted octanol–water partition coefficient (Wildman–Crippen LogP) is 6.46. The average molecular weight is 458 g/mol. The second kappa shape index (κ2) is 10.9. The molecule has 162 valence electrons. The van der Waals surface area contributed by atoms with Crippen molar-refractivity contribution in [1.29, 1.82) is 5.41 Å². The van der Waals surface area contributed by atoms with Gasteiger partial charge in [0.15, 0.2) is 0 Å². The number of benzene rings is 2. The quantitative estimate of drug-likeness (QED) is 0.399. The van der Waals surface area contributed by atoms with Gasteiger partial charge >= 0.3 is 0 Å². The van der Waals surface area contributed by atoms with Crippen molar-refractivity contribution in [2.75, 3.05) is 12.4 Å². The summed E-state index contributed by atoms with van der Waals surface area (Å²) in [5.41, 5.74) is 3.71. The number of carbonyl (C=O) groups excluding carboxylic acids is 1. The largest absolute Gasteiger partial charge is 0.496 e. The van der Waals surface area contributed by atoms with Crippen molar-refractivity contribution in [3.8, 4) is 5.75 Å². The number of hydrogen-bond acceptors (Lipinski definition) is 4. The highest BCUT2D eigenvalue weighted by molar-refractivity contribution is 6.31. The summed E-state index contributed by atoms with van der Waals surface area (Å²) < 4.78 is 5.50. The minimum Gasteiger partial charge on any atom is -0.496 e. The number of methoxy groups -OCH3 is 1. The van der Waals surface area contributed by atoms with Gasteiger partial charge in [-0.15, -0.1) is 0 Å². The number of pyridine rings is 1. The lowest BCUT2D eigenvalue weighted by Gasteiger charge is -2.15. The lowest BCUT2D eigenvalue weighted by molar-refractivity contribution is 0.102. The third kappa shape index (κ3) is 6.29. The molecule has 0 radical (unpaired) electrons. The lowest BCUT2D eigenvalue weighted by atomic mass is 9.97. The molecule has 3 rings (SSSR count). The number of nitrogens with one attached hydrogen (secondary N) is 2. The van der Waals surface area contributed by atoms with E-state index in [1.54, 1.807) is 38.3 Å². The van der Waals surface area contributed by atoms with E-state index >= 15 is 0 Å². The Hall–Kier alpha value is -2.89. The van der Waals surface area contributed by atoms with Crippen LogP contribution in [-0.4, -0.2) is 23.7 Å². The van der Waals surface area contributed by atoms with E-state index < -0.39 is 0 Å². The molecule has 0 unspecified atom stereocenters. The third-order valence-corrected chi connectivity index (χ3v) is 5.10. The maximum atomic E-state index is 12.9. The van der Waals surface area contributed by atoms with E-state index in [1.165, 1.54) is 6.20 Å². The molecule has 0 aliphatic heterocycles. The first kappa shape index (κ1) is 24.4. The van der Waals surface area contributed by atoms with E-state index in [1.807, 2.05) is 24.3 Å². The summed E-state index contributed by atoms with van der Waals surface area (Å²) in [6.45, 7) is 1.76. The minimum atomic E-state index is -0.324. The molecule has 1 heterocycles. The van der Waals surface area contributed by atoms with Gasteiger partial charge in [0, 0.05) is 28.1 Å². The Morgan fingerprint density at radius 1 is 1.06 bits per heavy atom. The molecule has 31 heavy (non-hydrogen) atoms. The van der Waals surface area contributed by atoms with Crippen LogP contribution in [0.15, 0.2) is 54.7 Å². The number of rotatable bonds is 7. The van der Waals surface area contributed by atoms with E-state index in [9.17, 15) is 4.79 Å². The fourth-order valence-electron chi connectivity index (χ4n) is 3.08. The van der Waals surface area contributed by atoms with Gasteiger partial charge < -0.3 is 15.5 Å². The summed E-state index contributed by atoms with van der Waals surface area (Å²) in [4.78, 5) is 17.1. The van der Waals surface area contributed by atoms with Crippen molar-refractivity contribution in [3.63, 3.8) is 0 Å². The maximum Gasteiger partial charge on any atom is 0.257 e. The summed E-state index contributed by atoms with van der Waals surface area (Å²) in [6.07, 6.45) is 2.76. The van der Waals surface area contributed by atoms with Gasteiger partial charge in [-0.1, -0.05) is 54.9 Å². The molecule has 2 N–H and O–H groups in total. The Morgan fingerprint density at radius 2 is 1.77 bits per heavy atom. The zero-order valence-electron chi connectivity index (χ0n) is 16.6. The highest BCUT2D eigenvalue weighted by Crippen LogP contribution is 2.29. The third-order valence-electron chi connectivity index (χ3n) is 4.66. The second-order valence-electron chi connectivity index (χ2n) is 6.77. The summed E-state index contributed by atoms with van der Waals surface area (Å²) >= 11 is 12.1. The Morgan fingerprint density at radius 3 is 2.35 bits per heavy atom. The van der Waals surface area contributed by atoms with E-state index in [-0.39, 0.29) is 13.3 Å². The molecule has 0 bridgehead atoms. The van der Waals surface area contributed by atoms with Gasteiger partial charge in [0.1, 0.15) is 11.6 Å². The fraction of sp³-hybridized carbons (Fsp3) is 0.208. The number of carbonyl (C=O) groups is 1. The van der Waals surface area contributed by atoms with Crippen molar-refractivity contribution in [1.82, 2.24) is 4.98 Å². The van der Waals surface area contributed by atoms with Crippen LogP contribution in [0.25, 0.3) is 0 Å². The van der Waals surface area contributed by atoms with E-state index in [0.717, 1.165) is 16.7 Å². The van der Waals surface area contributed by atoms with Crippen LogP contribution in [0.2, 0.25) is 10.0 Å². The van der Waals surface area contributed by atoms with Gasteiger partial charge in [0.2, 0.25) is 0 Å². The molecular formula is C24H25Cl2N3O2. The van der Waals surface area contributed by atoms with Gasteiger partial charge in [-0.3, -0.25) is 4.79 Å². The van der Waals surface area contributed by atoms with Crippen molar-refractivity contribution in [2.45, 2.75) is 27.2 Å². The number of ether oxygens (including phenoxy) is 1. The van der Waals surface area contributed by atoms with Gasteiger partial charge in [-0.2, -0.15) is 0 Å². The molecule has 0 aliphatic rings. The average Bonchev–Trinajstić information content (AvgIpc) is 2.74. The number of halogens is 2. The molecule has 7 heteroatoms. The number of amides is 1. The smallest absolute Gasteiger partial charge is 0.257 e. The Labute approximate surface area is 192 Å². The first-order chi connectivity index (χ1) is 14.4. The van der Waals surface area contributed by atoms with E-state index in [2.05, 4.69) is 10.3 Å². The van der Waals surface area contributed by atoms with Crippen molar-refractivity contribution >= 4 is 40.6 Å². The maximum absolute atomic E-state index is 12.9. The number of anilines is 1. The van der Waals surface area contributed by atoms with Crippen LogP contribution in [-0.2, 0) is 12.8 Å². The van der Waals surface area contributed by atoms with Gasteiger partial charge in [0.05, 0.1) is 12.1 Å². The van der Waals surface area contributed by atoms with Crippen LogP contribution in [0, 0.1) is 5.41 Å². The highest BCUT2D eigenvalue weighted by Gasteiger charge is 2.18. The summed E-state index contributed by atoms with van der Waals surface area (Å²) in [5, 5.41) is 11.4. The Balaban J connectivity index is 0.00000341. The van der Waals surface area contributed by atoms with Crippen molar-refractivity contribution in [2.24, 2.45) is 0 Å². The fourth-order valence-corrected chi connectivity index (χ4v) is 3.40. The molecule has 5 nitrogen and oxygen atoms in total. The zero-order valence-corrected chi connectivity index (χ0v) is 18.1. The van der Waals surface area contributed by atoms with Crippen molar-refractivity contribution < 1.29 is 9.53 Å². The molecule has 0 fully saturated rings. The number of aromatic nitrogens is 1. The Kier molecular flexibility index (Phi) is 8.60. The standard InChI is InChI=1S/C23H21Cl2N3O2.CH4/c1-14(26)16-6-3-15(4-7-16)5-9-19-20(11-18(25)12-21(19)30-2)23(29)28-22-10-8-17(24)13-27-22;/h3-4,6-8,10-13,26H,5,9H2,1-2H3,(H,27,28,29);1H4. The molecule has 1 amide bonds. The van der Waals surface area contributed by atoms with Crippen LogP contribution in [0.3, 0.4) is 0 Å². The molecule has 0 saturated heterocycles. The van der Waals surface area contributed by atoms with Crippen LogP contribution in [0.5, 0.6) is 5.75 Å². The van der Waals surface area contributed by atoms with Crippen molar-refractivity contribution in [3.05, 3.63) is 87.0 Å². The molecule has 0 aliphatic carbocycles. The van der Waals surface area contributed by atoms with Crippen LogP contribution < -0.4 is 10.1 Å². The molecule has 0 atom stereocenters. The molecule has 1 aromatic heterocycles. The van der Waals surface area contributed by atoms with Gasteiger partial charge in [-0.25, -0.2) is 4.98 Å². The lowest BCUT2D eigenvalue weighted by Crippen LogP contribution is -2.16. The van der Waals surface area contributed by atoms with Crippen LogP contribution in [0.4, 0.5) is 5.82 Å². The van der Waals surface area contributed by atoms with Gasteiger partial charge in [-0.05, 0) is 55.2 Å². The summed E-state index contributed by atoms with van der Waals surface area (Å²) in [7, 11) is 1.55. The normalized spacial score (nSPS) is 10.2. The first-order valence-electron chi connectivity index (χ1n) is 9.31. The molecule has 0 spiro atoms. The molecular weight excluding hydrogens is 433 g/mol. The highest BCUT2D eigenvalue weighted by atomic mass is 35.5. The van der Waals surface area contributed by atoms with Crippen LogP contribution >= 0.6 is 23.2 Å². The van der Waals surface area contributed by atoms with Crippen LogP contribution in [0.1, 0.15) is 41.4 Å². The predicted molar refractivity (Wildman–Crippen MR) is 128 cm³/mol. The molecule has 0 saturated carbocycles.